The fourth-order valence-corrected chi connectivity index (χ4v) is 6.14. The van der Waals surface area contributed by atoms with Gasteiger partial charge in [0, 0.05) is 5.54 Å². The Morgan fingerprint density at radius 1 is 1.08 bits per heavy atom. The van der Waals surface area contributed by atoms with E-state index in [2.05, 4.69) is 38.2 Å². The summed E-state index contributed by atoms with van der Waals surface area (Å²) in [6, 6.07) is 17.5. The van der Waals surface area contributed by atoms with Gasteiger partial charge in [-0.05, 0) is 36.0 Å². The largest absolute Gasteiger partial charge is 0.300 e. The summed E-state index contributed by atoms with van der Waals surface area (Å²) < 4.78 is 26.4. The smallest absolute Gasteiger partial charge is 0.180 e. The zero-order valence-corrected chi connectivity index (χ0v) is 16.0. The van der Waals surface area contributed by atoms with Crippen molar-refractivity contribution < 1.29 is 8.42 Å². The van der Waals surface area contributed by atoms with E-state index in [1.54, 1.807) is 6.07 Å². The summed E-state index contributed by atoms with van der Waals surface area (Å²) in [6.45, 7) is 6.39. The van der Waals surface area contributed by atoms with Gasteiger partial charge in [-0.15, -0.1) is 0 Å². The molecule has 0 bridgehead atoms. The van der Waals surface area contributed by atoms with Crippen molar-refractivity contribution in [1.29, 1.82) is 0 Å². The molecule has 3 nitrogen and oxygen atoms in total. The van der Waals surface area contributed by atoms with Crippen LogP contribution in [0.15, 0.2) is 59.5 Å². The lowest BCUT2D eigenvalue weighted by molar-refractivity contribution is 0.269. The van der Waals surface area contributed by atoms with Crippen LogP contribution in [-0.4, -0.2) is 19.7 Å². The molecule has 25 heavy (non-hydrogen) atoms. The molecule has 0 amide bonds. The molecule has 3 rings (SSSR count). The molecular formula is C21H27NO2S. The van der Waals surface area contributed by atoms with Gasteiger partial charge in [0.25, 0.3) is 0 Å². The molecule has 2 atom stereocenters. The molecule has 4 heteroatoms. The molecule has 2 aromatic carbocycles. The minimum Gasteiger partial charge on any atom is -0.300 e. The molecule has 1 heterocycles. The van der Waals surface area contributed by atoms with E-state index in [1.165, 1.54) is 0 Å². The fourth-order valence-electron chi connectivity index (χ4n) is 4.03. The summed E-state index contributed by atoms with van der Waals surface area (Å²) in [4.78, 5) is 0.468. The van der Waals surface area contributed by atoms with Crippen LogP contribution in [0.1, 0.15) is 50.8 Å². The van der Waals surface area contributed by atoms with E-state index >= 15 is 0 Å². The first kappa shape index (κ1) is 18.2. The monoisotopic (exact) mass is 357 g/mol. The van der Waals surface area contributed by atoms with Gasteiger partial charge in [0.1, 0.15) is 0 Å². The van der Waals surface area contributed by atoms with E-state index in [-0.39, 0.29) is 11.8 Å². The second-order valence-electron chi connectivity index (χ2n) is 7.52. The summed E-state index contributed by atoms with van der Waals surface area (Å²) in [7, 11) is -3.35. The van der Waals surface area contributed by atoms with E-state index < -0.39 is 15.4 Å². The zero-order chi connectivity index (χ0) is 18.1. The SMILES string of the molecule is CC[C@@]1(CC(C)C)CS(=O)(=O)c2ccccc2[C@@H](c2ccccc2)N1. The van der Waals surface area contributed by atoms with Crippen molar-refractivity contribution in [3.05, 3.63) is 65.7 Å². The maximum Gasteiger partial charge on any atom is 0.180 e. The topological polar surface area (TPSA) is 46.2 Å². The Morgan fingerprint density at radius 2 is 1.72 bits per heavy atom. The van der Waals surface area contributed by atoms with Crippen LogP contribution in [0.5, 0.6) is 0 Å². The zero-order valence-electron chi connectivity index (χ0n) is 15.2. The first-order chi connectivity index (χ1) is 11.9. The fraction of sp³-hybridized carbons (Fsp3) is 0.429. The number of nitrogens with one attached hydrogen (secondary N) is 1. The number of fused-ring (bicyclic) bond motifs is 1. The third-order valence-electron chi connectivity index (χ3n) is 5.09. The highest BCUT2D eigenvalue weighted by Crippen LogP contribution is 2.38. The molecule has 2 aromatic rings. The molecular weight excluding hydrogens is 330 g/mol. The van der Waals surface area contributed by atoms with E-state index in [1.807, 2.05) is 36.4 Å². The van der Waals surface area contributed by atoms with Crippen molar-refractivity contribution in [2.24, 2.45) is 5.92 Å². The van der Waals surface area contributed by atoms with Crippen molar-refractivity contribution in [3.8, 4) is 0 Å². The Morgan fingerprint density at radius 3 is 2.36 bits per heavy atom. The van der Waals surface area contributed by atoms with Gasteiger partial charge in [0.2, 0.25) is 0 Å². The van der Waals surface area contributed by atoms with E-state index in [0.717, 1.165) is 24.0 Å². The van der Waals surface area contributed by atoms with Crippen LogP contribution in [-0.2, 0) is 9.84 Å². The first-order valence-electron chi connectivity index (χ1n) is 9.01. The van der Waals surface area contributed by atoms with E-state index in [4.69, 9.17) is 0 Å². The van der Waals surface area contributed by atoms with Gasteiger partial charge in [-0.1, -0.05) is 69.3 Å². The molecule has 1 aliphatic rings. The minimum atomic E-state index is -3.35. The number of benzene rings is 2. The van der Waals surface area contributed by atoms with Gasteiger partial charge in [-0.3, -0.25) is 5.32 Å². The van der Waals surface area contributed by atoms with Crippen molar-refractivity contribution >= 4 is 9.84 Å². The highest BCUT2D eigenvalue weighted by atomic mass is 32.2. The van der Waals surface area contributed by atoms with Crippen LogP contribution in [0.3, 0.4) is 0 Å². The molecule has 1 aliphatic heterocycles. The quantitative estimate of drug-likeness (QED) is 0.885. The lowest BCUT2D eigenvalue weighted by atomic mass is 9.85. The number of hydrogen-bond donors (Lipinski definition) is 1. The van der Waals surface area contributed by atoms with Crippen LogP contribution in [0.4, 0.5) is 0 Å². The molecule has 0 saturated carbocycles. The molecule has 0 radical (unpaired) electrons. The van der Waals surface area contributed by atoms with Gasteiger partial charge >= 0.3 is 0 Å². The van der Waals surface area contributed by atoms with Crippen molar-refractivity contribution in [2.75, 3.05) is 5.75 Å². The van der Waals surface area contributed by atoms with Gasteiger partial charge in [-0.25, -0.2) is 8.42 Å². The van der Waals surface area contributed by atoms with E-state index in [9.17, 15) is 8.42 Å². The second kappa shape index (κ2) is 6.93. The van der Waals surface area contributed by atoms with Crippen molar-refractivity contribution in [2.45, 2.75) is 50.1 Å². The normalized spacial score (nSPS) is 25.4. The maximum absolute atomic E-state index is 13.2. The Kier molecular flexibility index (Phi) is 5.03. The Hall–Kier alpha value is -1.65. The number of rotatable bonds is 4. The van der Waals surface area contributed by atoms with Crippen LogP contribution in [0.25, 0.3) is 0 Å². The van der Waals surface area contributed by atoms with Crippen LogP contribution in [0.2, 0.25) is 0 Å². The molecule has 0 aromatic heterocycles. The Bertz CT molecular complexity index is 830. The molecule has 134 valence electrons. The lowest BCUT2D eigenvalue weighted by Gasteiger charge is -2.37. The van der Waals surface area contributed by atoms with Crippen molar-refractivity contribution in [3.63, 3.8) is 0 Å². The molecule has 0 fully saturated rings. The van der Waals surface area contributed by atoms with Gasteiger partial charge in [0.05, 0.1) is 16.7 Å². The summed E-state index contributed by atoms with van der Waals surface area (Å²) >= 11 is 0. The van der Waals surface area contributed by atoms with Crippen molar-refractivity contribution in [1.82, 2.24) is 5.32 Å². The third kappa shape index (κ3) is 3.65. The minimum absolute atomic E-state index is 0.117. The van der Waals surface area contributed by atoms with Crippen LogP contribution < -0.4 is 5.32 Å². The van der Waals surface area contributed by atoms with Gasteiger partial charge < -0.3 is 0 Å². The second-order valence-corrected chi connectivity index (χ2v) is 9.47. The van der Waals surface area contributed by atoms with Crippen LogP contribution >= 0.6 is 0 Å². The molecule has 1 N–H and O–H groups in total. The third-order valence-corrected chi connectivity index (χ3v) is 7.07. The first-order valence-corrected chi connectivity index (χ1v) is 10.7. The van der Waals surface area contributed by atoms with Gasteiger partial charge in [-0.2, -0.15) is 0 Å². The predicted octanol–water partition coefficient (Wildman–Crippen LogP) is 4.35. The summed E-state index contributed by atoms with van der Waals surface area (Å²) in [5, 5.41) is 3.76. The molecule has 0 saturated heterocycles. The predicted molar refractivity (Wildman–Crippen MR) is 102 cm³/mol. The maximum atomic E-state index is 13.2. The highest BCUT2D eigenvalue weighted by molar-refractivity contribution is 7.91. The van der Waals surface area contributed by atoms with Crippen LogP contribution in [0, 0.1) is 5.92 Å². The molecule has 0 unspecified atom stereocenters. The lowest BCUT2D eigenvalue weighted by Crippen LogP contribution is -2.51. The Labute approximate surface area is 151 Å². The summed E-state index contributed by atoms with van der Waals surface area (Å²) in [6.07, 6.45) is 1.61. The van der Waals surface area contributed by atoms with E-state index in [0.29, 0.717) is 10.8 Å². The van der Waals surface area contributed by atoms with Gasteiger partial charge in [0.15, 0.2) is 9.84 Å². The highest BCUT2D eigenvalue weighted by Gasteiger charge is 2.42. The number of hydrogen-bond acceptors (Lipinski definition) is 3. The molecule has 0 aliphatic carbocycles. The molecule has 0 spiro atoms. The Balaban J connectivity index is 2.21. The number of sulfone groups is 1. The average molecular weight is 358 g/mol. The average Bonchev–Trinajstić information content (AvgIpc) is 2.68. The summed E-state index contributed by atoms with van der Waals surface area (Å²) in [5.41, 5.74) is 1.54. The summed E-state index contributed by atoms with van der Waals surface area (Å²) in [5.74, 6) is 0.565. The standard InChI is InChI=1S/C21H27NO2S/c1-4-21(14-16(2)3)15-25(23,24)19-13-9-8-12-18(19)20(22-21)17-10-6-5-7-11-17/h5-13,16,20,22H,4,14-15H2,1-3H3/t20-,21-/m1/s1.